The van der Waals surface area contributed by atoms with E-state index in [4.69, 9.17) is 14.2 Å². The maximum absolute atomic E-state index is 13.7. The number of rotatable bonds is 11. The van der Waals surface area contributed by atoms with Gasteiger partial charge in [-0.3, -0.25) is 4.90 Å². The van der Waals surface area contributed by atoms with Crippen LogP contribution < -0.4 is 4.74 Å². The SMILES string of the molecule is CC(C)(C)OC(=O)c1ccc(COc2cccc([C@](O)(C(=O)OCC3CCN(Cc4ccccc4)CC3)c3ccccc3)c2)cc1. The average Bonchev–Trinajstić information content (AvgIpc) is 3.07. The van der Waals surface area contributed by atoms with Crippen molar-refractivity contribution in [1.29, 1.82) is 0 Å². The van der Waals surface area contributed by atoms with E-state index in [1.807, 2.05) is 45.0 Å². The van der Waals surface area contributed by atoms with Crippen LogP contribution in [-0.2, 0) is 33.0 Å². The molecular formula is C39H43NO6. The van der Waals surface area contributed by atoms with Gasteiger partial charge in [-0.1, -0.05) is 84.9 Å². The molecule has 7 nitrogen and oxygen atoms in total. The van der Waals surface area contributed by atoms with Gasteiger partial charge in [0.2, 0.25) is 5.60 Å². The van der Waals surface area contributed by atoms with Crippen molar-refractivity contribution in [2.75, 3.05) is 19.7 Å². The summed E-state index contributed by atoms with van der Waals surface area (Å²) < 4.78 is 17.3. The molecule has 0 aromatic heterocycles. The Morgan fingerprint density at radius 2 is 1.41 bits per heavy atom. The Bertz CT molecular complexity index is 1570. The lowest BCUT2D eigenvalue weighted by Crippen LogP contribution is -2.40. The van der Waals surface area contributed by atoms with Crippen LogP contribution in [0.15, 0.2) is 109 Å². The van der Waals surface area contributed by atoms with E-state index in [0.29, 0.717) is 22.4 Å². The second kappa shape index (κ2) is 14.8. The van der Waals surface area contributed by atoms with E-state index in [-0.39, 0.29) is 25.1 Å². The minimum atomic E-state index is -2.01. The van der Waals surface area contributed by atoms with Crippen molar-refractivity contribution in [3.05, 3.63) is 137 Å². The fourth-order valence-electron chi connectivity index (χ4n) is 5.58. The molecular weight excluding hydrogens is 578 g/mol. The summed E-state index contributed by atoms with van der Waals surface area (Å²) in [6.07, 6.45) is 1.85. The summed E-state index contributed by atoms with van der Waals surface area (Å²) in [5, 5.41) is 12.0. The molecule has 4 aromatic rings. The third-order valence-corrected chi connectivity index (χ3v) is 8.14. The molecule has 1 fully saturated rings. The molecule has 0 saturated carbocycles. The van der Waals surface area contributed by atoms with Gasteiger partial charge in [-0.25, -0.2) is 9.59 Å². The molecule has 1 saturated heterocycles. The highest BCUT2D eigenvalue weighted by Crippen LogP contribution is 2.34. The van der Waals surface area contributed by atoms with Crippen molar-refractivity contribution in [2.24, 2.45) is 5.92 Å². The predicted molar refractivity (Wildman–Crippen MR) is 177 cm³/mol. The molecule has 0 aliphatic carbocycles. The molecule has 0 amide bonds. The van der Waals surface area contributed by atoms with E-state index in [1.54, 1.807) is 60.7 Å². The predicted octanol–water partition coefficient (Wildman–Crippen LogP) is 6.91. The van der Waals surface area contributed by atoms with Gasteiger partial charge in [0.15, 0.2) is 0 Å². The number of benzene rings is 4. The third kappa shape index (κ3) is 8.62. The highest BCUT2D eigenvalue weighted by molar-refractivity contribution is 5.89. The molecule has 1 aliphatic rings. The normalized spacial score (nSPS) is 15.5. The summed E-state index contributed by atoms with van der Waals surface area (Å²) in [5.41, 5.74) is 0.812. The number of carbonyl (C=O) groups excluding carboxylic acids is 2. The van der Waals surface area contributed by atoms with Gasteiger partial charge in [0.25, 0.3) is 0 Å². The van der Waals surface area contributed by atoms with Crippen LogP contribution >= 0.6 is 0 Å². The fraction of sp³-hybridized carbons (Fsp3) is 0.333. The van der Waals surface area contributed by atoms with E-state index in [2.05, 4.69) is 29.2 Å². The van der Waals surface area contributed by atoms with Gasteiger partial charge in [-0.2, -0.15) is 0 Å². The van der Waals surface area contributed by atoms with Gasteiger partial charge in [0.05, 0.1) is 12.2 Å². The molecule has 1 atom stereocenters. The topological polar surface area (TPSA) is 85.3 Å². The van der Waals surface area contributed by atoms with Crippen LogP contribution in [0.1, 0.15) is 66.2 Å². The highest BCUT2D eigenvalue weighted by Gasteiger charge is 2.42. The van der Waals surface area contributed by atoms with Crippen LogP contribution in [0.5, 0.6) is 5.75 Å². The van der Waals surface area contributed by atoms with Gasteiger partial charge in [0, 0.05) is 12.1 Å². The number of hydrogen-bond donors (Lipinski definition) is 1. The number of ether oxygens (including phenoxy) is 3. The molecule has 0 spiro atoms. The number of likely N-dealkylation sites (tertiary alicyclic amines) is 1. The van der Waals surface area contributed by atoms with E-state index in [0.717, 1.165) is 38.0 Å². The smallest absolute Gasteiger partial charge is 0.347 e. The summed E-state index contributed by atoms with van der Waals surface area (Å²) in [6.45, 7) is 8.76. The van der Waals surface area contributed by atoms with Gasteiger partial charge in [0.1, 0.15) is 18.0 Å². The Hall–Kier alpha value is -4.46. The molecule has 0 radical (unpaired) electrons. The van der Waals surface area contributed by atoms with E-state index in [9.17, 15) is 14.7 Å². The number of aliphatic hydroxyl groups is 1. The standard InChI is InChI=1S/C39H43NO6/c1-38(2,3)46-36(41)32-19-17-30(18-20-32)27-44-35-16-10-15-34(25-35)39(43,33-13-8-5-9-14-33)37(42)45-28-31-21-23-40(24-22-31)26-29-11-6-4-7-12-29/h4-20,25,31,43H,21-24,26-28H2,1-3H3/t39-/m0/s1. The van der Waals surface area contributed by atoms with Crippen molar-refractivity contribution in [3.8, 4) is 5.75 Å². The molecule has 1 aliphatic heterocycles. The number of hydrogen-bond acceptors (Lipinski definition) is 7. The zero-order valence-electron chi connectivity index (χ0n) is 26.9. The van der Waals surface area contributed by atoms with Crippen molar-refractivity contribution >= 4 is 11.9 Å². The molecule has 240 valence electrons. The monoisotopic (exact) mass is 621 g/mol. The van der Waals surface area contributed by atoms with Gasteiger partial charge >= 0.3 is 11.9 Å². The van der Waals surface area contributed by atoms with Crippen LogP contribution in [0.3, 0.4) is 0 Å². The molecule has 1 N–H and O–H groups in total. The third-order valence-electron chi connectivity index (χ3n) is 8.14. The van der Waals surface area contributed by atoms with Crippen molar-refractivity contribution in [1.82, 2.24) is 4.90 Å². The van der Waals surface area contributed by atoms with Crippen molar-refractivity contribution in [3.63, 3.8) is 0 Å². The lowest BCUT2D eigenvalue weighted by Gasteiger charge is -2.33. The van der Waals surface area contributed by atoms with Crippen LogP contribution in [-0.4, -0.2) is 47.2 Å². The van der Waals surface area contributed by atoms with Crippen LogP contribution in [0.4, 0.5) is 0 Å². The van der Waals surface area contributed by atoms with Crippen molar-refractivity contribution < 1.29 is 28.9 Å². The zero-order chi connectivity index (χ0) is 32.6. The first-order chi connectivity index (χ1) is 22.1. The first-order valence-electron chi connectivity index (χ1n) is 15.9. The minimum Gasteiger partial charge on any atom is -0.489 e. The lowest BCUT2D eigenvalue weighted by atomic mass is 9.86. The molecule has 0 bridgehead atoms. The number of carbonyl (C=O) groups is 2. The molecule has 5 rings (SSSR count). The van der Waals surface area contributed by atoms with Gasteiger partial charge in [-0.05, 0) is 93.6 Å². The largest absolute Gasteiger partial charge is 0.489 e. The molecule has 1 heterocycles. The number of esters is 2. The highest BCUT2D eigenvalue weighted by atomic mass is 16.6. The Labute approximate surface area is 271 Å². The van der Waals surface area contributed by atoms with E-state index in [1.165, 1.54) is 5.56 Å². The minimum absolute atomic E-state index is 0.229. The quantitative estimate of drug-likeness (QED) is 0.182. The summed E-state index contributed by atoms with van der Waals surface area (Å²) in [6, 6.07) is 33.2. The maximum atomic E-state index is 13.7. The first-order valence-corrected chi connectivity index (χ1v) is 15.9. The summed E-state index contributed by atoms with van der Waals surface area (Å²) in [7, 11) is 0. The number of piperidine rings is 1. The number of nitrogens with zero attached hydrogens (tertiary/aromatic N) is 1. The Kier molecular flexibility index (Phi) is 10.6. The molecule has 46 heavy (non-hydrogen) atoms. The zero-order valence-corrected chi connectivity index (χ0v) is 26.9. The second-order valence-corrected chi connectivity index (χ2v) is 12.9. The Morgan fingerprint density at radius 3 is 2.07 bits per heavy atom. The lowest BCUT2D eigenvalue weighted by molar-refractivity contribution is -0.164. The van der Waals surface area contributed by atoms with Gasteiger partial charge in [-0.15, -0.1) is 0 Å². The van der Waals surface area contributed by atoms with Crippen LogP contribution in [0, 0.1) is 5.92 Å². The summed E-state index contributed by atoms with van der Waals surface area (Å²) >= 11 is 0. The molecule has 4 aromatic carbocycles. The summed E-state index contributed by atoms with van der Waals surface area (Å²) in [5.74, 6) is -0.373. The molecule has 7 heteroatoms. The average molecular weight is 622 g/mol. The summed E-state index contributed by atoms with van der Waals surface area (Å²) in [4.78, 5) is 28.5. The Balaban J connectivity index is 1.22. The van der Waals surface area contributed by atoms with Crippen LogP contribution in [0.25, 0.3) is 0 Å². The van der Waals surface area contributed by atoms with E-state index >= 15 is 0 Å². The van der Waals surface area contributed by atoms with Crippen LogP contribution in [0.2, 0.25) is 0 Å². The van der Waals surface area contributed by atoms with Crippen molar-refractivity contribution in [2.45, 2.75) is 58.0 Å². The first kappa shape index (κ1) is 32.9. The Morgan fingerprint density at radius 1 is 0.783 bits per heavy atom. The molecule has 0 unspecified atom stereocenters. The maximum Gasteiger partial charge on any atom is 0.347 e. The van der Waals surface area contributed by atoms with E-state index < -0.39 is 17.2 Å². The second-order valence-electron chi connectivity index (χ2n) is 12.9. The van der Waals surface area contributed by atoms with Gasteiger partial charge < -0.3 is 19.3 Å². The fourth-order valence-corrected chi connectivity index (χ4v) is 5.58.